The molecule has 20 heavy (non-hydrogen) atoms. The molecule has 0 spiro atoms. The number of pyridine rings is 1. The van der Waals surface area contributed by atoms with E-state index in [4.69, 9.17) is 5.11 Å². The molecule has 0 bridgehead atoms. The van der Waals surface area contributed by atoms with E-state index in [-0.39, 0.29) is 17.4 Å². The van der Waals surface area contributed by atoms with Crippen LogP contribution in [0, 0.1) is 17.8 Å². The van der Waals surface area contributed by atoms with Gasteiger partial charge < -0.3 is 10.4 Å². The van der Waals surface area contributed by atoms with Crippen LogP contribution in [0.4, 0.5) is 0 Å². The first-order valence-corrected chi connectivity index (χ1v) is 7.13. The van der Waals surface area contributed by atoms with Crippen molar-refractivity contribution in [3.63, 3.8) is 0 Å². The Balaban J connectivity index is 1.56. The third-order valence-electron chi connectivity index (χ3n) is 4.47. The summed E-state index contributed by atoms with van der Waals surface area (Å²) in [6, 6.07) is 2.95. The van der Waals surface area contributed by atoms with Crippen LogP contribution in [0.25, 0.3) is 0 Å². The summed E-state index contributed by atoms with van der Waals surface area (Å²) in [4.78, 5) is 27.1. The second-order valence-electron chi connectivity index (χ2n) is 5.70. The largest absolute Gasteiger partial charge is 0.478 e. The van der Waals surface area contributed by atoms with Crippen molar-refractivity contribution in [2.45, 2.75) is 32.2 Å². The Labute approximate surface area is 117 Å². The van der Waals surface area contributed by atoms with Crippen LogP contribution < -0.4 is 5.32 Å². The van der Waals surface area contributed by atoms with Crippen molar-refractivity contribution in [3.05, 3.63) is 29.6 Å². The lowest BCUT2D eigenvalue weighted by atomic mass is 10.0. The molecule has 1 aromatic rings. The molecule has 0 radical (unpaired) electrons. The van der Waals surface area contributed by atoms with Crippen LogP contribution in [-0.2, 0) is 11.3 Å². The van der Waals surface area contributed by atoms with E-state index in [0.717, 1.165) is 0 Å². The number of amides is 1. The zero-order chi connectivity index (χ0) is 14.1. The van der Waals surface area contributed by atoms with E-state index >= 15 is 0 Å². The van der Waals surface area contributed by atoms with E-state index in [2.05, 4.69) is 10.3 Å². The number of carboxylic acids is 1. The van der Waals surface area contributed by atoms with Crippen molar-refractivity contribution in [2.75, 3.05) is 0 Å². The predicted molar refractivity (Wildman–Crippen MR) is 72.0 cm³/mol. The number of carbonyl (C=O) groups excluding carboxylic acids is 1. The minimum Gasteiger partial charge on any atom is -0.478 e. The van der Waals surface area contributed by atoms with Crippen molar-refractivity contribution >= 4 is 11.9 Å². The average Bonchev–Trinajstić information content (AvgIpc) is 3.19. The summed E-state index contributed by atoms with van der Waals surface area (Å²) in [6.07, 6.45) is 6.30. The van der Waals surface area contributed by atoms with Gasteiger partial charge in [0.1, 0.15) is 0 Å². The maximum absolute atomic E-state index is 12.1. The third-order valence-corrected chi connectivity index (χ3v) is 4.47. The number of nitrogens with one attached hydrogen (secondary N) is 1. The molecule has 2 unspecified atom stereocenters. The Hall–Kier alpha value is -1.91. The van der Waals surface area contributed by atoms with E-state index in [1.807, 2.05) is 0 Å². The van der Waals surface area contributed by atoms with Gasteiger partial charge in [0.2, 0.25) is 5.91 Å². The monoisotopic (exact) mass is 274 g/mol. The molecule has 0 saturated heterocycles. The third kappa shape index (κ3) is 2.53. The lowest BCUT2D eigenvalue weighted by Crippen LogP contribution is -2.26. The lowest BCUT2D eigenvalue weighted by molar-refractivity contribution is -0.123. The van der Waals surface area contributed by atoms with Crippen molar-refractivity contribution in [3.8, 4) is 0 Å². The van der Waals surface area contributed by atoms with Crippen LogP contribution in [0.2, 0.25) is 0 Å². The van der Waals surface area contributed by atoms with Gasteiger partial charge in [-0.05, 0) is 36.8 Å². The zero-order valence-electron chi connectivity index (χ0n) is 11.2. The van der Waals surface area contributed by atoms with Crippen LogP contribution >= 0.6 is 0 Å². The Morgan fingerprint density at radius 2 is 2.00 bits per heavy atom. The van der Waals surface area contributed by atoms with Gasteiger partial charge in [0.05, 0.1) is 17.8 Å². The van der Waals surface area contributed by atoms with Gasteiger partial charge >= 0.3 is 5.97 Å². The highest BCUT2D eigenvalue weighted by Crippen LogP contribution is 2.55. The van der Waals surface area contributed by atoms with E-state index in [1.165, 1.54) is 44.0 Å². The van der Waals surface area contributed by atoms with Crippen molar-refractivity contribution in [2.24, 2.45) is 17.8 Å². The predicted octanol–water partition coefficient (Wildman–Crippen LogP) is 1.83. The first-order chi connectivity index (χ1) is 9.66. The standard InChI is InChI=1S/C15H18N2O3/c18-14(13-11-3-1-2-4-12(11)13)17-8-10-7-9(15(19)20)5-6-16-10/h5-7,11-13H,1-4,8H2,(H,17,18)(H,19,20). The number of aromatic carboxylic acids is 1. The quantitative estimate of drug-likeness (QED) is 0.878. The van der Waals surface area contributed by atoms with Crippen LogP contribution in [0.15, 0.2) is 18.3 Å². The number of nitrogens with zero attached hydrogens (tertiary/aromatic N) is 1. The molecule has 2 fully saturated rings. The number of hydrogen-bond donors (Lipinski definition) is 2. The van der Waals surface area contributed by atoms with E-state index in [1.54, 1.807) is 0 Å². The van der Waals surface area contributed by atoms with Crippen LogP contribution in [-0.4, -0.2) is 22.0 Å². The minimum absolute atomic E-state index is 0.101. The summed E-state index contributed by atoms with van der Waals surface area (Å²) in [7, 11) is 0. The maximum atomic E-state index is 12.1. The fourth-order valence-corrected chi connectivity index (χ4v) is 3.38. The molecule has 1 heterocycles. The molecule has 3 rings (SSSR count). The Bertz CT molecular complexity index is 532. The minimum atomic E-state index is -0.979. The summed E-state index contributed by atoms with van der Waals surface area (Å²) in [5.74, 6) is 0.474. The zero-order valence-corrected chi connectivity index (χ0v) is 11.2. The van der Waals surface area contributed by atoms with E-state index in [0.29, 0.717) is 24.1 Å². The molecule has 2 saturated carbocycles. The molecule has 2 atom stereocenters. The first-order valence-electron chi connectivity index (χ1n) is 7.13. The number of carbonyl (C=O) groups is 2. The van der Waals surface area contributed by atoms with Gasteiger partial charge in [0.15, 0.2) is 0 Å². The summed E-state index contributed by atoms with van der Waals surface area (Å²) < 4.78 is 0. The molecule has 2 aliphatic rings. The molecule has 5 heteroatoms. The number of fused-ring (bicyclic) bond motifs is 1. The first kappa shape index (κ1) is 13.1. The van der Waals surface area contributed by atoms with Crippen LogP contribution in [0.3, 0.4) is 0 Å². The molecule has 1 aromatic heterocycles. The highest BCUT2D eigenvalue weighted by molar-refractivity contribution is 5.87. The van der Waals surface area contributed by atoms with Gasteiger partial charge in [0.25, 0.3) is 0 Å². The molecular formula is C15H18N2O3. The van der Waals surface area contributed by atoms with E-state index in [9.17, 15) is 9.59 Å². The summed E-state index contributed by atoms with van der Waals surface area (Å²) in [5, 5.41) is 11.8. The van der Waals surface area contributed by atoms with Crippen molar-refractivity contribution < 1.29 is 14.7 Å². The Morgan fingerprint density at radius 1 is 1.30 bits per heavy atom. The number of rotatable bonds is 4. The summed E-state index contributed by atoms with van der Waals surface area (Å²) in [6.45, 7) is 0.301. The highest BCUT2D eigenvalue weighted by Gasteiger charge is 2.54. The second-order valence-corrected chi connectivity index (χ2v) is 5.70. The average molecular weight is 274 g/mol. The molecule has 0 aromatic carbocycles. The maximum Gasteiger partial charge on any atom is 0.335 e. The molecule has 0 aliphatic heterocycles. The Kier molecular flexibility index (Phi) is 3.42. The normalized spacial score (nSPS) is 27.5. The topological polar surface area (TPSA) is 79.3 Å². The van der Waals surface area contributed by atoms with Crippen molar-refractivity contribution in [1.82, 2.24) is 10.3 Å². The molecule has 5 nitrogen and oxygen atoms in total. The van der Waals surface area contributed by atoms with Crippen molar-refractivity contribution in [1.29, 1.82) is 0 Å². The van der Waals surface area contributed by atoms with Gasteiger partial charge in [-0.1, -0.05) is 12.8 Å². The van der Waals surface area contributed by atoms with E-state index < -0.39 is 5.97 Å². The van der Waals surface area contributed by atoms with Gasteiger partial charge in [-0.15, -0.1) is 0 Å². The van der Waals surface area contributed by atoms with Crippen LogP contribution in [0.1, 0.15) is 41.7 Å². The molecule has 2 aliphatic carbocycles. The molecule has 1 amide bonds. The molecular weight excluding hydrogens is 256 g/mol. The highest BCUT2D eigenvalue weighted by atomic mass is 16.4. The molecule has 2 N–H and O–H groups in total. The van der Waals surface area contributed by atoms with Gasteiger partial charge in [0, 0.05) is 12.1 Å². The number of carboxylic acid groups (broad SMARTS) is 1. The fraction of sp³-hybridized carbons (Fsp3) is 0.533. The summed E-state index contributed by atoms with van der Waals surface area (Å²) >= 11 is 0. The van der Waals surface area contributed by atoms with Gasteiger partial charge in [-0.25, -0.2) is 4.79 Å². The van der Waals surface area contributed by atoms with Gasteiger partial charge in [-0.2, -0.15) is 0 Å². The smallest absolute Gasteiger partial charge is 0.335 e. The summed E-state index contributed by atoms with van der Waals surface area (Å²) in [5.41, 5.74) is 0.784. The number of hydrogen-bond acceptors (Lipinski definition) is 3. The van der Waals surface area contributed by atoms with Crippen LogP contribution in [0.5, 0.6) is 0 Å². The van der Waals surface area contributed by atoms with Gasteiger partial charge in [-0.3, -0.25) is 9.78 Å². The molecule has 106 valence electrons. The lowest BCUT2D eigenvalue weighted by Gasteiger charge is -2.05. The fourth-order valence-electron chi connectivity index (χ4n) is 3.38. The number of aromatic nitrogens is 1. The Morgan fingerprint density at radius 3 is 2.65 bits per heavy atom. The second kappa shape index (κ2) is 5.23. The SMILES string of the molecule is O=C(O)c1ccnc(CNC(=O)C2C3CCCCC32)c1.